The maximum atomic E-state index is 15.1. The summed E-state index contributed by atoms with van der Waals surface area (Å²) >= 11 is 0. The van der Waals surface area contributed by atoms with Gasteiger partial charge in [0.15, 0.2) is 18.7 Å². The molecule has 0 radical (unpaired) electrons. The standard InChI is InChI=1S/C28H24NO3P/c1-29(27(31)23-16-8-3-9-17-23)28(26(30)22-14-6-2-7-15-22)33(32,24-18-10-4-11-19-24)25-20-12-5-13-21-25/h2-21,28H,1H3. The fourth-order valence-corrected chi connectivity index (χ4v) is 7.13. The average molecular weight is 453 g/mol. The molecule has 0 spiro atoms. The van der Waals surface area contributed by atoms with Crippen LogP contribution in [0.25, 0.3) is 0 Å². The summed E-state index contributed by atoms with van der Waals surface area (Å²) in [6.07, 6.45) is 0. The summed E-state index contributed by atoms with van der Waals surface area (Å²) in [4.78, 5) is 28.8. The third-order valence-electron chi connectivity index (χ3n) is 5.62. The third kappa shape index (κ3) is 4.44. The zero-order valence-corrected chi connectivity index (χ0v) is 19.1. The van der Waals surface area contributed by atoms with E-state index in [4.69, 9.17) is 0 Å². The second kappa shape index (κ2) is 9.81. The molecule has 1 amide bonds. The van der Waals surface area contributed by atoms with Crippen molar-refractivity contribution in [3.05, 3.63) is 132 Å². The quantitative estimate of drug-likeness (QED) is 0.293. The Kier molecular flexibility index (Phi) is 6.67. The van der Waals surface area contributed by atoms with Crippen molar-refractivity contribution in [2.45, 2.75) is 5.78 Å². The van der Waals surface area contributed by atoms with E-state index in [1.54, 1.807) is 104 Å². The zero-order chi connectivity index (χ0) is 23.3. The predicted octanol–water partition coefficient (Wildman–Crippen LogP) is 4.98. The van der Waals surface area contributed by atoms with Gasteiger partial charge in [-0.15, -0.1) is 0 Å². The third-order valence-corrected chi connectivity index (χ3v) is 9.03. The number of benzene rings is 4. The Balaban J connectivity index is 1.94. The molecule has 4 rings (SSSR count). The van der Waals surface area contributed by atoms with Gasteiger partial charge in [0.25, 0.3) is 5.91 Å². The molecule has 4 aromatic rings. The normalized spacial score (nSPS) is 12.0. The van der Waals surface area contributed by atoms with E-state index >= 15 is 4.57 Å². The summed E-state index contributed by atoms with van der Waals surface area (Å²) in [5.41, 5.74) is 0.834. The molecule has 0 fully saturated rings. The van der Waals surface area contributed by atoms with Crippen molar-refractivity contribution in [3.8, 4) is 0 Å². The Morgan fingerprint density at radius 3 is 1.39 bits per heavy atom. The summed E-state index contributed by atoms with van der Waals surface area (Å²) in [5, 5.41) is 1.05. The number of hydrogen-bond donors (Lipinski definition) is 0. The van der Waals surface area contributed by atoms with Crippen LogP contribution in [0, 0.1) is 0 Å². The lowest BCUT2D eigenvalue weighted by Gasteiger charge is -2.34. The fraction of sp³-hybridized carbons (Fsp3) is 0.0714. The minimum Gasteiger partial charge on any atom is -0.324 e. The number of amides is 1. The molecular formula is C28H24NO3P. The second-order valence-electron chi connectivity index (χ2n) is 7.72. The van der Waals surface area contributed by atoms with E-state index in [1.807, 2.05) is 24.3 Å². The highest BCUT2D eigenvalue weighted by atomic mass is 31.2. The summed E-state index contributed by atoms with van der Waals surface area (Å²) < 4.78 is 15.1. The molecule has 1 atom stereocenters. The van der Waals surface area contributed by atoms with Crippen LogP contribution in [0.5, 0.6) is 0 Å². The minimum atomic E-state index is -3.63. The maximum absolute atomic E-state index is 15.1. The van der Waals surface area contributed by atoms with Crippen LogP contribution in [0.1, 0.15) is 20.7 Å². The van der Waals surface area contributed by atoms with E-state index in [-0.39, 0.29) is 11.7 Å². The van der Waals surface area contributed by atoms with Crippen molar-refractivity contribution >= 4 is 29.4 Å². The van der Waals surface area contributed by atoms with Crippen LogP contribution >= 0.6 is 7.14 Å². The van der Waals surface area contributed by atoms with Gasteiger partial charge in [-0.05, 0) is 12.1 Å². The van der Waals surface area contributed by atoms with Crippen LogP contribution in [0.3, 0.4) is 0 Å². The summed E-state index contributed by atoms with van der Waals surface area (Å²) in [5.74, 6) is -1.94. The van der Waals surface area contributed by atoms with Crippen LogP contribution in [0.4, 0.5) is 0 Å². The van der Waals surface area contributed by atoms with E-state index in [0.717, 1.165) is 0 Å². The average Bonchev–Trinajstić information content (AvgIpc) is 2.90. The van der Waals surface area contributed by atoms with Crippen LogP contribution in [-0.2, 0) is 4.57 Å². The number of rotatable bonds is 7. The van der Waals surface area contributed by atoms with Gasteiger partial charge in [0, 0.05) is 28.8 Å². The molecule has 0 N–H and O–H groups in total. The van der Waals surface area contributed by atoms with Crippen molar-refractivity contribution in [2.75, 3.05) is 7.05 Å². The number of Topliss-reactive ketones (excluding diaryl/α,β-unsaturated/α-hetero) is 1. The molecule has 0 bridgehead atoms. The van der Waals surface area contributed by atoms with E-state index in [1.165, 1.54) is 4.90 Å². The number of likely N-dealkylation sites (N-methyl/N-ethyl adjacent to an activating group) is 1. The maximum Gasteiger partial charge on any atom is 0.254 e. The molecule has 0 saturated heterocycles. The first-order valence-corrected chi connectivity index (χ1v) is 12.4. The van der Waals surface area contributed by atoms with Gasteiger partial charge in [0.05, 0.1) is 0 Å². The predicted molar refractivity (Wildman–Crippen MR) is 133 cm³/mol. The molecule has 33 heavy (non-hydrogen) atoms. The molecule has 4 aromatic carbocycles. The Hall–Kier alpha value is -3.75. The Labute approximate surface area is 193 Å². The van der Waals surface area contributed by atoms with Crippen LogP contribution in [0.15, 0.2) is 121 Å². The number of hydrogen-bond acceptors (Lipinski definition) is 3. The van der Waals surface area contributed by atoms with Gasteiger partial charge in [-0.25, -0.2) is 0 Å². The van der Waals surface area contributed by atoms with Crippen molar-refractivity contribution in [2.24, 2.45) is 0 Å². The van der Waals surface area contributed by atoms with Crippen LogP contribution in [-0.4, -0.2) is 29.4 Å². The van der Waals surface area contributed by atoms with E-state index in [0.29, 0.717) is 21.7 Å². The van der Waals surface area contributed by atoms with Crippen molar-refractivity contribution in [1.29, 1.82) is 0 Å². The summed E-state index contributed by atoms with van der Waals surface area (Å²) in [6, 6.07) is 35.4. The van der Waals surface area contributed by atoms with E-state index in [2.05, 4.69) is 0 Å². The van der Waals surface area contributed by atoms with Gasteiger partial charge in [0.1, 0.15) is 0 Å². The first-order valence-electron chi connectivity index (χ1n) is 10.7. The van der Waals surface area contributed by atoms with Gasteiger partial charge in [-0.3, -0.25) is 9.59 Å². The Morgan fingerprint density at radius 1 is 0.606 bits per heavy atom. The fourth-order valence-electron chi connectivity index (χ4n) is 3.96. The Morgan fingerprint density at radius 2 is 0.970 bits per heavy atom. The van der Waals surface area contributed by atoms with Crippen molar-refractivity contribution in [3.63, 3.8) is 0 Å². The van der Waals surface area contributed by atoms with Gasteiger partial charge < -0.3 is 9.46 Å². The molecule has 0 aromatic heterocycles. The topological polar surface area (TPSA) is 54.5 Å². The van der Waals surface area contributed by atoms with Gasteiger partial charge in [-0.1, -0.05) is 109 Å². The lowest BCUT2D eigenvalue weighted by Crippen LogP contribution is -2.46. The first-order chi connectivity index (χ1) is 16.0. The van der Waals surface area contributed by atoms with Crippen LogP contribution < -0.4 is 10.6 Å². The molecule has 0 heterocycles. The van der Waals surface area contributed by atoms with Gasteiger partial charge in [0.2, 0.25) is 0 Å². The molecule has 164 valence electrons. The number of ketones is 1. The van der Waals surface area contributed by atoms with Crippen molar-refractivity contribution in [1.82, 2.24) is 4.90 Å². The Bertz CT molecular complexity index is 1230. The molecule has 0 aliphatic heterocycles. The SMILES string of the molecule is CN(C(=O)c1ccccc1)C(C(=O)c1ccccc1)P(=O)(c1ccccc1)c1ccccc1. The monoisotopic (exact) mass is 453 g/mol. The van der Waals surface area contributed by atoms with Gasteiger partial charge in [-0.2, -0.15) is 0 Å². The molecular weight excluding hydrogens is 429 g/mol. The highest BCUT2D eigenvalue weighted by Crippen LogP contribution is 2.51. The van der Waals surface area contributed by atoms with E-state index < -0.39 is 12.9 Å². The molecule has 0 aliphatic rings. The smallest absolute Gasteiger partial charge is 0.254 e. The highest BCUT2D eigenvalue weighted by molar-refractivity contribution is 7.80. The lowest BCUT2D eigenvalue weighted by atomic mass is 10.1. The first kappa shape index (κ1) is 22.4. The summed E-state index contributed by atoms with van der Waals surface area (Å²) in [6.45, 7) is 0. The summed E-state index contributed by atoms with van der Waals surface area (Å²) in [7, 11) is -2.08. The van der Waals surface area contributed by atoms with Gasteiger partial charge >= 0.3 is 0 Å². The number of nitrogens with zero attached hydrogens (tertiary/aromatic N) is 1. The molecule has 1 unspecified atom stereocenters. The largest absolute Gasteiger partial charge is 0.324 e. The molecule has 0 saturated carbocycles. The van der Waals surface area contributed by atoms with Crippen LogP contribution in [0.2, 0.25) is 0 Å². The lowest BCUT2D eigenvalue weighted by molar-refractivity contribution is 0.0718. The number of carbonyl (C=O) groups excluding carboxylic acids is 2. The van der Waals surface area contributed by atoms with E-state index in [9.17, 15) is 9.59 Å². The minimum absolute atomic E-state index is 0.363. The highest BCUT2D eigenvalue weighted by Gasteiger charge is 2.45. The van der Waals surface area contributed by atoms with Crippen molar-refractivity contribution < 1.29 is 14.2 Å². The number of carbonyl (C=O) groups is 2. The zero-order valence-electron chi connectivity index (χ0n) is 18.2. The second-order valence-corrected chi connectivity index (χ2v) is 10.6. The molecule has 4 nitrogen and oxygen atoms in total. The molecule has 5 heteroatoms. The molecule has 0 aliphatic carbocycles.